The van der Waals surface area contributed by atoms with Crippen molar-refractivity contribution < 1.29 is 4.79 Å². The first kappa shape index (κ1) is 26.9. The van der Waals surface area contributed by atoms with E-state index in [4.69, 9.17) is 28.9 Å². The van der Waals surface area contributed by atoms with E-state index in [1.807, 2.05) is 29.7 Å². The van der Waals surface area contributed by atoms with Gasteiger partial charge in [-0.1, -0.05) is 23.2 Å². The minimum Gasteiger partial charge on any atom is -0.398 e. The maximum Gasteiger partial charge on any atom is 0.256 e. The average molecular weight is 542 g/mol. The van der Waals surface area contributed by atoms with Gasteiger partial charge in [-0.2, -0.15) is 17.7 Å². The lowest BCUT2D eigenvalue weighted by atomic mass is 9.98. The first-order valence-corrected chi connectivity index (χ1v) is 13.9. The minimum absolute atomic E-state index is 0.132. The molecule has 0 bridgehead atoms. The van der Waals surface area contributed by atoms with E-state index in [9.17, 15) is 4.79 Å². The quantitative estimate of drug-likeness (QED) is 0.237. The van der Waals surface area contributed by atoms with Crippen LogP contribution in [0.5, 0.6) is 0 Å². The molecule has 0 aliphatic carbocycles. The third kappa shape index (κ3) is 6.51. The summed E-state index contributed by atoms with van der Waals surface area (Å²) in [5, 5.41) is 8.78. The van der Waals surface area contributed by atoms with Crippen molar-refractivity contribution in [2.24, 2.45) is 0 Å². The van der Waals surface area contributed by atoms with Crippen LogP contribution in [0.1, 0.15) is 47.1 Å². The average Bonchev–Trinajstić information content (AvgIpc) is 3.55. The van der Waals surface area contributed by atoms with Gasteiger partial charge in [0.05, 0.1) is 17.3 Å². The van der Waals surface area contributed by atoms with Crippen LogP contribution in [-0.4, -0.2) is 56.4 Å². The first-order valence-electron chi connectivity index (χ1n) is 11.1. The molecule has 1 amide bonds. The SMILES string of the molecule is C1CSCN1.CS.Cc1cc(Cl)n2nc(C3CCCCN3C(=O)c3cc(Cl)ccc3N)cc2n1. The zero-order valence-corrected chi connectivity index (χ0v) is 22.5. The van der Waals surface area contributed by atoms with Crippen LogP contribution in [0.2, 0.25) is 10.2 Å². The van der Waals surface area contributed by atoms with Crippen molar-refractivity contribution in [1.29, 1.82) is 0 Å². The van der Waals surface area contributed by atoms with Gasteiger partial charge >= 0.3 is 0 Å². The van der Waals surface area contributed by atoms with Crippen LogP contribution in [0.25, 0.3) is 5.65 Å². The maximum absolute atomic E-state index is 13.2. The number of piperidine rings is 1. The minimum atomic E-state index is -0.150. The van der Waals surface area contributed by atoms with E-state index in [-0.39, 0.29) is 11.9 Å². The predicted molar refractivity (Wildman–Crippen MR) is 146 cm³/mol. The number of nitrogen functional groups attached to an aromatic ring is 1. The lowest BCUT2D eigenvalue weighted by molar-refractivity contribution is 0.0607. The number of fused-ring (bicyclic) bond motifs is 1. The maximum atomic E-state index is 13.2. The highest BCUT2D eigenvalue weighted by Gasteiger charge is 2.31. The number of carbonyl (C=O) groups is 1. The molecule has 5 rings (SSSR count). The second-order valence-corrected chi connectivity index (χ2v) is 9.78. The van der Waals surface area contributed by atoms with Gasteiger partial charge in [0, 0.05) is 47.2 Å². The first-order chi connectivity index (χ1) is 16.4. The molecule has 0 spiro atoms. The number of hydrogen-bond donors (Lipinski definition) is 3. The highest BCUT2D eigenvalue weighted by Crippen LogP contribution is 2.33. The van der Waals surface area contributed by atoms with Gasteiger partial charge in [0.1, 0.15) is 5.15 Å². The van der Waals surface area contributed by atoms with Crippen LogP contribution in [0.3, 0.4) is 0 Å². The zero-order chi connectivity index (χ0) is 24.7. The number of hydrogen-bond acceptors (Lipinski definition) is 7. The fourth-order valence-corrected chi connectivity index (χ4v) is 5.12. The molecule has 2 fully saturated rings. The Morgan fingerprint density at radius 3 is 2.71 bits per heavy atom. The summed E-state index contributed by atoms with van der Waals surface area (Å²) in [5.74, 6) is 2.34. The van der Waals surface area contributed by atoms with Gasteiger partial charge in [0.2, 0.25) is 0 Å². The predicted octanol–water partition coefficient (Wildman–Crippen LogP) is 5.12. The van der Waals surface area contributed by atoms with E-state index in [0.717, 1.165) is 30.7 Å². The molecule has 34 heavy (non-hydrogen) atoms. The topological polar surface area (TPSA) is 88.5 Å². The highest BCUT2D eigenvalue weighted by atomic mass is 35.5. The summed E-state index contributed by atoms with van der Waals surface area (Å²) >= 11 is 17.9. The van der Waals surface area contributed by atoms with Gasteiger partial charge in [0.25, 0.3) is 5.91 Å². The van der Waals surface area contributed by atoms with Crippen LogP contribution >= 0.6 is 47.6 Å². The number of amides is 1. The molecule has 2 aromatic heterocycles. The van der Waals surface area contributed by atoms with Gasteiger partial charge in [-0.15, -0.1) is 11.8 Å². The number of aromatic nitrogens is 3. The zero-order valence-electron chi connectivity index (χ0n) is 19.3. The lowest BCUT2D eigenvalue weighted by Gasteiger charge is -2.35. The summed E-state index contributed by atoms with van der Waals surface area (Å²) in [6, 6.07) is 8.47. The molecule has 0 saturated carbocycles. The number of rotatable bonds is 2. The number of carbonyl (C=O) groups excluding carboxylic acids is 1. The molecule has 2 aliphatic rings. The fraction of sp³-hybridized carbons (Fsp3) is 0.435. The van der Waals surface area contributed by atoms with Crippen molar-refractivity contribution in [1.82, 2.24) is 24.8 Å². The van der Waals surface area contributed by atoms with Crippen molar-refractivity contribution >= 4 is 64.8 Å². The van der Waals surface area contributed by atoms with Gasteiger partial charge < -0.3 is 16.0 Å². The number of nitrogens with two attached hydrogens (primary N) is 1. The summed E-state index contributed by atoms with van der Waals surface area (Å²) in [4.78, 5) is 19.5. The summed E-state index contributed by atoms with van der Waals surface area (Å²) < 4.78 is 1.61. The third-order valence-corrected chi connectivity index (χ3v) is 6.91. The Morgan fingerprint density at radius 2 is 2.03 bits per heavy atom. The summed E-state index contributed by atoms with van der Waals surface area (Å²) in [6.07, 6.45) is 4.48. The number of likely N-dealkylation sites (tertiary alicyclic amines) is 1. The Hall–Kier alpha value is -1.65. The standard InChI is InChI=1S/C19H19Cl2N5O.C3H7NS.CH4S/c1-11-8-17(21)26-18(23-11)10-15(24-26)16-4-2-3-7-25(16)19(27)13-9-12(20)5-6-14(13)22;1-2-5-3-4-1;1-2/h5-6,8-10,16H,2-4,7,22H2,1H3;4H,1-3H2;2H,1H3. The van der Waals surface area contributed by atoms with E-state index >= 15 is 0 Å². The van der Waals surface area contributed by atoms with Crippen molar-refractivity contribution in [3.05, 3.63) is 57.5 Å². The molecule has 2 saturated heterocycles. The largest absolute Gasteiger partial charge is 0.398 e. The summed E-state index contributed by atoms with van der Waals surface area (Å²) in [6.45, 7) is 3.74. The Labute approximate surface area is 220 Å². The Kier molecular flexibility index (Phi) is 10.2. The summed E-state index contributed by atoms with van der Waals surface area (Å²) in [7, 11) is 0. The highest BCUT2D eigenvalue weighted by molar-refractivity contribution is 7.99. The number of anilines is 1. The van der Waals surface area contributed by atoms with E-state index < -0.39 is 0 Å². The fourth-order valence-electron chi connectivity index (χ4n) is 3.95. The number of nitrogens with zero attached hydrogens (tertiary/aromatic N) is 4. The molecule has 0 radical (unpaired) electrons. The normalized spacial score (nSPS) is 17.6. The molecule has 11 heteroatoms. The number of thiol groups is 1. The second kappa shape index (κ2) is 12.9. The van der Waals surface area contributed by atoms with Crippen LogP contribution in [0.15, 0.2) is 30.3 Å². The van der Waals surface area contributed by atoms with E-state index in [1.54, 1.807) is 35.0 Å². The van der Waals surface area contributed by atoms with Crippen LogP contribution in [0, 0.1) is 6.92 Å². The van der Waals surface area contributed by atoms with Crippen molar-refractivity contribution in [2.75, 3.05) is 36.7 Å². The van der Waals surface area contributed by atoms with Gasteiger partial charge in [-0.05, 0) is 56.7 Å². The van der Waals surface area contributed by atoms with Crippen molar-refractivity contribution in [2.45, 2.75) is 32.2 Å². The van der Waals surface area contributed by atoms with Crippen LogP contribution < -0.4 is 11.1 Å². The Bertz CT molecular complexity index is 1110. The van der Waals surface area contributed by atoms with E-state index in [2.05, 4.69) is 28.0 Å². The second-order valence-electron chi connectivity index (χ2n) is 7.85. The molecule has 4 heterocycles. The van der Waals surface area contributed by atoms with Crippen LogP contribution in [-0.2, 0) is 0 Å². The lowest BCUT2D eigenvalue weighted by Crippen LogP contribution is -2.39. The van der Waals surface area contributed by atoms with Crippen molar-refractivity contribution in [3.8, 4) is 0 Å². The van der Waals surface area contributed by atoms with Crippen LogP contribution in [0.4, 0.5) is 5.69 Å². The Morgan fingerprint density at radius 1 is 1.24 bits per heavy atom. The monoisotopic (exact) mass is 540 g/mol. The Balaban J connectivity index is 0.000000404. The molecule has 184 valence electrons. The number of thioether (sulfide) groups is 1. The molecule has 1 unspecified atom stereocenters. The molecule has 3 aromatic rings. The number of aryl methyl sites for hydroxylation is 1. The van der Waals surface area contributed by atoms with E-state index in [0.29, 0.717) is 33.6 Å². The molecular weight excluding hydrogens is 511 g/mol. The third-order valence-electron chi connectivity index (χ3n) is 5.51. The molecular formula is C23H30Cl2N6OS2. The number of benzene rings is 1. The number of nitrogens with one attached hydrogen (secondary N) is 1. The molecule has 7 nitrogen and oxygen atoms in total. The van der Waals surface area contributed by atoms with Gasteiger partial charge in [-0.3, -0.25) is 4.79 Å². The van der Waals surface area contributed by atoms with Gasteiger partial charge in [-0.25, -0.2) is 9.50 Å². The van der Waals surface area contributed by atoms with Gasteiger partial charge in [0.15, 0.2) is 5.65 Å². The summed E-state index contributed by atoms with van der Waals surface area (Å²) in [5.41, 5.74) is 9.15. The molecule has 3 N–H and O–H groups in total. The number of halogens is 2. The molecule has 1 atom stereocenters. The van der Waals surface area contributed by atoms with Crippen molar-refractivity contribution in [3.63, 3.8) is 0 Å². The smallest absolute Gasteiger partial charge is 0.256 e. The molecule has 2 aliphatic heterocycles. The molecule has 1 aromatic carbocycles. The van der Waals surface area contributed by atoms with E-state index in [1.165, 1.54) is 18.2 Å².